The van der Waals surface area contributed by atoms with Crippen molar-refractivity contribution in [3.05, 3.63) is 23.8 Å². The van der Waals surface area contributed by atoms with E-state index in [1.165, 1.54) is 0 Å². The Bertz CT molecular complexity index is 340. The first kappa shape index (κ1) is 15.4. The van der Waals surface area contributed by atoms with Crippen molar-refractivity contribution in [1.82, 2.24) is 0 Å². The molecule has 1 aliphatic carbocycles. The molecule has 0 aromatic carbocycles. The smallest absolute Gasteiger partial charge is 0.0914 e. The molecule has 0 radical (unpaired) electrons. The number of hydrogen-bond acceptors (Lipinski definition) is 3. The average molecular weight is 254 g/mol. The number of rotatable bonds is 0. The van der Waals surface area contributed by atoms with E-state index in [4.69, 9.17) is 0 Å². The lowest BCUT2D eigenvalue weighted by molar-refractivity contribution is -0.0573. The van der Waals surface area contributed by atoms with E-state index in [0.29, 0.717) is 19.3 Å². The van der Waals surface area contributed by atoms with Gasteiger partial charge in [-0.1, -0.05) is 32.1 Å². The van der Waals surface area contributed by atoms with E-state index in [9.17, 15) is 15.3 Å². The molecule has 0 saturated heterocycles. The molecule has 1 rings (SSSR count). The summed E-state index contributed by atoms with van der Waals surface area (Å²) in [5.74, 6) is 0. The maximum Gasteiger partial charge on any atom is 0.0914 e. The quantitative estimate of drug-likeness (QED) is 0.581. The fourth-order valence-corrected chi connectivity index (χ4v) is 2.17. The van der Waals surface area contributed by atoms with Crippen LogP contribution in [0.2, 0.25) is 0 Å². The van der Waals surface area contributed by atoms with Crippen molar-refractivity contribution in [2.24, 2.45) is 5.41 Å². The summed E-state index contributed by atoms with van der Waals surface area (Å²) in [6.07, 6.45) is 5.84. The fraction of sp³-hybridized carbons (Fsp3) is 0.733. The normalized spacial score (nSPS) is 42.5. The van der Waals surface area contributed by atoms with Gasteiger partial charge in [0.25, 0.3) is 0 Å². The molecule has 0 fully saturated rings. The SMILES string of the molecule is C/C1=C/C[C@H](O)[C@](C)(O)C/C=C/C(C)(C)C[C@H]1O. The van der Waals surface area contributed by atoms with Crippen LogP contribution in [0.3, 0.4) is 0 Å². The molecule has 0 unspecified atom stereocenters. The van der Waals surface area contributed by atoms with Crippen molar-refractivity contribution in [3.8, 4) is 0 Å². The molecule has 0 heterocycles. The Morgan fingerprint density at radius 2 is 1.83 bits per heavy atom. The number of aliphatic hydroxyl groups excluding tert-OH is 2. The molecule has 3 N–H and O–H groups in total. The van der Waals surface area contributed by atoms with E-state index in [1.54, 1.807) is 6.92 Å². The highest BCUT2D eigenvalue weighted by Crippen LogP contribution is 2.29. The highest BCUT2D eigenvalue weighted by atomic mass is 16.3. The summed E-state index contributed by atoms with van der Waals surface area (Å²) in [5.41, 5.74) is -0.397. The minimum absolute atomic E-state index is 0.125. The zero-order valence-electron chi connectivity index (χ0n) is 11.8. The third kappa shape index (κ3) is 4.23. The second-order valence-corrected chi connectivity index (χ2v) is 6.37. The van der Waals surface area contributed by atoms with Crippen molar-refractivity contribution < 1.29 is 15.3 Å². The molecule has 3 nitrogen and oxygen atoms in total. The van der Waals surface area contributed by atoms with Crippen LogP contribution in [0.15, 0.2) is 23.8 Å². The van der Waals surface area contributed by atoms with Crippen LogP contribution in [0.5, 0.6) is 0 Å². The van der Waals surface area contributed by atoms with E-state index in [-0.39, 0.29) is 5.41 Å². The molecular weight excluding hydrogens is 228 g/mol. The molecule has 0 aliphatic heterocycles. The summed E-state index contributed by atoms with van der Waals surface area (Å²) < 4.78 is 0. The van der Waals surface area contributed by atoms with Crippen LogP contribution in [0.4, 0.5) is 0 Å². The lowest BCUT2D eigenvalue weighted by atomic mass is 9.84. The highest BCUT2D eigenvalue weighted by Gasteiger charge is 2.29. The molecule has 0 amide bonds. The predicted octanol–water partition coefficient (Wildman–Crippen LogP) is 2.17. The molecule has 3 atom stereocenters. The Morgan fingerprint density at radius 1 is 1.22 bits per heavy atom. The second kappa shape index (κ2) is 5.55. The van der Waals surface area contributed by atoms with Gasteiger partial charge in [-0.05, 0) is 44.1 Å². The summed E-state index contributed by atoms with van der Waals surface area (Å²) in [6, 6.07) is 0. The van der Waals surface area contributed by atoms with Gasteiger partial charge >= 0.3 is 0 Å². The maximum atomic E-state index is 10.2. The number of aliphatic hydroxyl groups is 3. The van der Waals surface area contributed by atoms with Gasteiger partial charge in [-0.15, -0.1) is 0 Å². The van der Waals surface area contributed by atoms with Gasteiger partial charge in [0.2, 0.25) is 0 Å². The fourth-order valence-electron chi connectivity index (χ4n) is 2.17. The van der Waals surface area contributed by atoms with Crippen molar-refractivity contribution in [3.63, 3.8) is 0 Å². The molecule has 0 aromatic heterocycles. The van der Waals surface area contributed by atoms with Crippen LogP contribution in [0.1, 0.15) is 47.0 Å². The summed E-state index contributed by atoms with van der Waals surface area (Å²) >= 11 is 0. The summed E-state index contributed by atoms with van der Waals surface area (Å²) in [4.78, 5) is 0. The van der Waals surface area contributed by atoms with E-state index in [2.05, 4.69) is 13.8 Å². The summed E-state index contributed by atoms with van der Waals surface area (Å²) in [7, 11) is 0. The number of allylic oxidation sites excluding steroid dienone is 1. The molecule has 1 aliphatic rings. The number of hydrogen-bond donors (Lipinski definition) is 3. The van der Waals surface area contributed by atoms with Gasteiger partial charge in [-0.25, -0.2) is 0 Å². The van der Waals surface area contributed by atoms with Crippen LogP contribution in [-0.2, 0) is 0 Å². The Labute approximate surface area is 110 Å². The van der Waals surface area contributed by atoms with Crippen molar-refractivity contribution >= 4 is 0 Å². The summed E-state index contributed by atoms with van der Waals surface area (Å²) in [5, 5.41) is 30.3. The van der Waals surface area contributed by atoms with Crippen LogP contribution >= 0.6 is 0 Å². The molecular formula is C15H26O3. The van der Waals surface area contributed by atoms with Gasteiger partial charge in [-0.3, -0.25) is 0 Å². The van der Waals surface area contributed by atoms with E-state index in [1.807, 2.05) is 25.2 Å². The van der Waals surface area contributed by atoms with Gasteiger partial charge in [0.05, 0.1) is 17.8 Å². The first-order valence-electron chi connectivity index (χ1n) is 6.57. The maximum absolute atomic E-state index is 10.2. The van der Waals surface area contributed by atoms with E-state index in [0.717, 1.165) is 5.57 Å². The predicted molar refractivity (Wildman–Crippen MR) is 73.2 cm³/mol. The Kier molecular flexibility index (Phi) is 4.76. The first-order valence-corrected chi connectivity index (χ1v) is 6.57. The Morgan fingerprint density at radius 3 is 2.44 bits per heavy atom. The molecule has 3 heteroatoms. The monoisotopic (exact) mass is 254 g/mol. The molecule has 18 heavy (non-hydrogen) atoms. The zero-order chi connectivity index (χ0) is 14.0. The van der Waals surface area contributed by atoms with E-state index >= 15 is 0 Å². The van der Waals surface area contributed by atoms with Crippen molar-refractivity contribution in [2.75, 3.05) is 0 Å². The molecule has 0 saturated carbocycles. The van der Waals surface area contributed by atoms with Gasteiger partial charge in [-0.2, -0.15) is 0 Å². The third-order valence-corrected chi connectivity index (χ3v) is 3.73. The molecule has 0 aromatic rings. The summed E-state index contributed by atoms with van der Waals surface area (Å²) in [6.45, 7) is 7.63. The average Bonchev–Trinajstić information content (AvgIpc) is 2.23. The van der Waals surface area contributed by atoms with Crippen molar-refractivity contribution in [1.29, 1.82) is 0 Å². The highest BCUT2D eigenvalue weighted by molar-refractivity contribution is 5.11. The molecule has 104 valence electrons. The van der Waals surface area contributed by atoms with Gasteiger partial charge in [0.1, 0.15) is 0 Å². The zero-order valence-corrected chi connectivity index (χ0v) is 11.8. The third-order valence-electron chi connectivity index (χ3n) is 3.73. The van der Waals surface area contributed by atoms with Crippen LogP contribution in [-0.4, -0.2) is 33.1 Å². The van der Waals surface area contributed by atoms with Gasteiger partial charge in [0, 0.05) is 0 Å². The lowest BCUT2D eigenvalue weighted by Crippen LogP contribution is -2.38. The van der Waals surface area contributed by atoms with Crippen LogP contribution in [0.25, 0.3) is 0 Å². The van der Waals surface area contributed by atoms with Crippen LogP contribution < -0.4 is 0 Å². The van der Waals surface area contributed by atoms with Gasteiger partial charge in [0.15, 0.2) is 0 Å². The first-order chi connectivity index (χ1) is 8.14. The van der Waals surface area contributed by atoms with Crippen LogP contribution in [0, 0.1) is 5.41 Å². The topological polar surface area (TPSA) is 60.7 Å². The second-order valence-electron chi connectivity index (χ2n) is 6.37. The standard InChI is InChI=1S/C15H26O3/c1-11-6-7-13(17)15(4,18)9-5-8-14(2,3)10-12(11)16/h5-6,8,12-13,16-18H,7,9-10H2,1-4H3/b8-5+,11-6-/t12-,13+,15-/m1/s1. The van der Waals surface area contributed by atoms with Gasteiger partial charge < -0.3 is 15.3 Å². The minimum atomic E-state index is -1.13. The minimum Gasteiger partial charge on any atom is -0.390 e. The Hall–Kier alpha value is -0.640. The van der Waals surface area contributed by atoms with E-state index < -0.39 is 17.8 Å². The van der Waals surface area contributed by atoms with Crippen molar-refractivity contribution in [2.45, 2.75) is 64.8 Å². The molecule has 0 spiro atoms. The molecule has 0 bridgehead atoms. The largest absolute Gasteiger partial charge is 0.390 e. The lowest BCUT2D eigenvalue weighted by Gasteiger charge is -2.27. The Balaban J connectivity index is 3.00.